The summed E-state index contributed by atoms with van der Waals surface area (Å²) in [7, 11) is 0. The number of para-hydroxylation sites is 6. The molecule has 0 aliphatic heterocycles. The van der Waals surface area contributed by atoms with Crippen molar-refractivity contribution >= 4 is 22.1 Å². The third-order valence-corrected chi connectivity index (χ3v) is 17.8. The van der Waals surface area contributed by atoms with Gasteiger partial charge in [0.1, 0.15) is 11.6 Å². The molecule has 0 unspecified atom stereocenters. The minimum Gasteiger partial charge on any atom is -0.292 e. The standard InChI is InChI=1S/C83H56N10/c1-83(2)69-51-57(77-86-75(55-29-13-5-14-30-55)88-79(90-77)61-45-59(53-25-9-3-10-26-53)47-63(49-61)81-84-71-37-21-23-39-73(71)92(81)65-33-17-7-18-34-65)41-43-67(69)68-44-42-58(52-70(68)83)78-87-76(56-31-15-6-16-32-56)89-80(91-78)62-46-60(54-27-11-4-12-28-54)48-64(50-62)82-85-72-38-22-24-40-74(72)93(82)66-35-19-8-20-36-66/h3-52H,1-2H3. The number of aromatic nitrogens is 10. The summed E-state index contributed by atoms with van der Waals surface area (Å²) in [5.41, 5.74) is 21.3. The van der Waals surface area contributed by atoms with E-state index in [1.807, 2.05) is 72.8 Å². The number of hydrogen-bond acceptors (Lipinski definition) is 8. The van der Waals surface area contributed by atoms with E-state index in [1.165, 1.54) is 0 Å². The molecule has 0 atom stereocenters. The number of hydrogen-bond donors (Lipinski definition) is 0. The molecule has 4 aromatic heterocycles. The third-order valence-electron chi connectivity index (χ3n) is 17.8. The van der Waals surface area contributed by atoms with Crippen molar-refractivity contribution in [1.29, 1.82) is 0 Å². The predicted molar refractivity (Wildman–Crippen MR) is 374 cm³/mol. The monoisotopic (exact) mass is 1190 g/mol. The molecule has 438 valence electrons. The van der Waals surface area contributed by atoms with E-state index in [4.69, 9.17) is 39.9 Å². The van der Waals surface area contributed by atoms with Gasteiger partial charge in [-0.1, -0.05) is 220 Å². The summed E-state index contributed by atoms with van der Waals surface area (Å²) in [5, 5.41) is 0. The van der Waals surface area contributed by atoms with Gasteiger partial charge in [-0.15, -0.1) is 0 Å². The SMILES string of the molecule is CC1(C)c2cc(-c3nc(-c4ccccc4)nc(-c4cc(-c5ccccc5)cc(-c5nc6ccccc6n5-c5ccccc5)c4)n3)ccc2-c2ccc(-c3nc(-c4ccccc4)nc(-c4cc(-c5ccccc5)cc(-c5nc6ccccc6n5-c5ccccc5)c4)n3)cc21. The zero-order valence-corrected chi connectivity index (χ0v) is 50.8. The lowest BCUT2D eigenvalue weighted by Gasteiger charge is -2.22. The summed E-state index contributed by atoms with van der Waals surface area (Å²) >= 11 is 0. The maximum Gasteiger partial charge on any atom is 0.164 e. The molecule has 0 radical (unpaired) electrons. The summed E-state index contributed by atoms with van der Waals surface area (Å²) in [6.07, 6.45) is 0. The van der Waals surface area contributed by atoms with Gasteiger partial charge in [-0.2, -0.15) is 0 Å². The van der Waals surface area contributed by atoms with Crippen LogP contribution in [0.3, 0.4) is 0 Å². The zero-order valence-electron chi connectivity index (χ0n) is 50.8. The van der Waals surface area contributed by atoms with Gasteiger partial charge in [-0.05, 0) is 142 Å². The first kappa shape index (κ1) is 54.7. The van der Waals surface area contributed by atoms with E-state index in [0.717, 1.165) is 134 Å². The van der Waals surface area contributed by atoms with Crippen molar-refractivity contribution in [1.82, 2.24) is 49.0 Å². The van der Waals surface area contributed by atoms with Crippen molar-refractivity contribution in [2.24, 2.45) is 0 Å². The maximum atomic E-state index is 5.43. The van der Waals surface area contributed by atoms with E-state index in [-0.39, 0.29) is 0 Å². The first-order valence-corrected chi connectivity index (χ1v) is 31.2. The summed E-state index contributed by atoms with van der Waals surface area (Å²) < 4.78 is 4.48. The van der Waals surface area contributed by atoms with Crippen LogP contribution in [0.15, 0.2) is 303 Å². The molecule has 0 bridgehead atoms. The first-order valence-electron chi connectivity index (χ1n) is 31.2. The second-order valence-corrected chi connectivity index (χ2v) is 24.0. The van der Waals surface area contributed by atoms with Crippen LogP contribution in [-0.2, 0) is 5.41 Å². The number of imidazole rings is 2. The average molecular weight is 1190 g/mol. The van der Waals surface area contributed by atoms with Crippen LogP contribution in [0.4, 0.5) is 0 Å². The lowest BCUT2D eigenvalue weighted by molar-refractivity contribution is 0.660. The average Bonchev–Trinajstić information content (AvgIpc) is 1.60. The van der Waals surface area contributed by atoms with E-state index in [9.17, 15) is 0 Å². The summed E-state index contributed by atoms with van der Waals surface area (Å²) in [5.74, 6) is 5.03. The first-order chi connectivity index (χ1) is 45.8. The smallest absolute Gasteiger partial charge is 0.164 e. The highest BCUT2D eigenvalue weighted by Gasteiger charge is 2.37. The van der Waals surface area contributed by atoms with Crippen LogP contribution in [0.5, 0.6) is 0 Å². The highest BCUT2D eigenvalue weighted by molar-refractivity contribution is 5.90. The Hall–Kier alpha value is -12.4. The molecule has 0 saturated carbocycles. The molecular formula is C83H56N10. The zero-order chi connectivity index (χ0) is 62.0. The van der Waals surface area contributed by atoms with Crippen LogP contribution in [0.1, 0.15) is 25.0 Å². The summed E-state index contributed by atoms with van der Waals surface area (Å²) in [6.45, 7) is 4.60. The summed E-state index contributed by atoms with van der Waals surface area (Å²) in [4.78, 5) is 42.7. The van der Waals surface area contributed by atoms with E-state index >= 15 is 0 Å². The molecule has 17 rings (SSSR count). The Morgan fingerprint density at radius 3 is 0.892 bits per heavy atom. The molecule has 10 nitrogen and oxygen atoms in total. The topological polar surface area (TPSA) is 113 Å². The molecule has 0 N–H and O–H groups in total. The maximum absolute atomic E-state index is 5.43. The molecule has 16 aromatic rings. The van der Waals surface area contributed by atoms with Crippen LogP contribution in [-0.4, -0.2) is 49.0 Å². The normalized spacial score (nSPS) is 12.3. The molecule has 1 aliphatic rings. The van der Waals surface area contributed by atoms with Crippen molar-refractivity contribution in [3.8, 4) is 136 Å². The molecule has 4 heterocycles. The second-order valence-electron chi connectivity index (χ2n) is 24.0. The van der Waals surface area contributed by atoms with Gasteiger partial charge >= 0.3 is 0 Å². The van der Waals surface area contributed by atoms with Crippen LogP contribution in [0, 0.1) is 0 Å². The van der Waals surface area contributed by atoms with Crippen molar-refractivity contribution < 1.29 is 0 Å². The van der Waals surface area contributed by atoms with Crippen LogP contribution < -0.4 is 0 Å². The third kappa shape index (κ3) is 9.94. The van der Waals surface area contributed by atoms with Crippen LogP contribution in [0.2, 0.25) is 0 Å². The molecule has 10 heteroatoms. The van der Waals surface area contributed by atoms with Crippen molar-refractivity contribution in [3.63, 3.8) is 0 Å². The molecule has 0 saturated heterocycles. The number of fused-ring (bicyclic) bond motifs is 5. The molecule has 12 aromatic carbocycles. The van der Waals surface area contributed by atoms with Gasteiger partial charge in [-0.3, -0.25) is 9.13 Å². The van der Waals surface area contributed by atoms with E-state index in [0.29, 0.717) is 34.9 Å². The molecule has 0 spiro atoms. The van der Waals surface area contributed by atoms with Crippen molar-refractivity contribution in [3.05, 3.63) is 314 Å². The van der Waals surface area contributed by atoms with Gasteiger partial charge in [0.2, 0.25) is 0 Å². The van der Waals surface area contributed by atoms with E-state index < -0.39 is 5.41 Å². The van der Waals surface area contributed by atoms with Gasteiger partial charge in [0.05, 0.1) is 22.1 Å². The van der Waals surface area contributed by atoms with E-state index in [2.05, 4.69) is 254 Å². The van der Waals surface area contributed by atoms with Gasteiger partial charge in [0.15, 0.2) is 34.9 Å². The Balaban J connectivity index is 0.783. The van der Waals surface area contributed by atoms with Crippen LogP contribution >= 0.6 is 0 Å². The van der Waals surface area contributed by atoms with Gasteiger partial charge < -0.3 is 0 Å². The Labute approximate surface area is 537 Å². The fraction of sp³-hybridized carbons (Fsp3) is 0.0361. The second kappa shape index (κ2) is 22.6. The lowest BCUT2D eigenvalue weighted by Crippen LogP contribution is -2.15. The number of nitrogens with zero attached hydrogens (tertiary/aromatic N) is 10. The molecule has 93 heavy (non-hydrogen) atoms. The Kier molecular flexibility index (Phi) is 13.3. The largest absolute Gasteiger partial charge is 0.292 e. The molecule has 0 fully saturated rings. The van der Waals surface area contributed by atoms with E-state index in [1.54, 1.807) is 0 Å². The molecule has 1 aliphatic carbocycles. The van der Waals surface area contributed by atoms with Gasteiger partial charge in [-0.25, -0.2) is 39.9 Å². The van der Waals surface area contributed by atoms with Gasteiger partial charge in [0.25, 0.3) is 0 Å². The highest BCUT2D eigenvalue weighted by Crippen LogP contribution is 2.51. The minimum atomic E-state index is -0.459. The quantitative estimate of drug-likeness (QED) is 0.119. The number of benzene rings is 12. The van der Waals surface area contributed by atoms with Crippen LogP contribution in [0.25, 0.3) is 158 Å². The number of rotatable bonds is 12. The van der Waals surface area contributed by atoms with Gasteiger partial charge in [0, 0.05) is 61.3 Å². The Morgan fingerprint density at radius 1 is 0.226 bits per heavy atom. The highest BCUT2D eigenvalue weighted by atomic mass is 15.1. The lowest BCUT2D eigenvalue weighted by atomic mass is 9.81. The van der Waals surface area contributed by atoms with Crippen molar-refractivity contribution in [2.75, 3.05) is 0 Å². The molecule has 0 amide bonds. The molecular weight excluding hydrogens is 1140 g/mol. The summed E-state index contributed by atoms with van der Waals surface area (Å²) in [6, 6.07) is 105. The predicted octanol–water partition coefficient (Wildman–Crippen LogP) is 19.7. The van der Waals surface area contributed by atoms with Crippen molar-refractivity contribution in [2.45, 2.75) is 19.3 Å². The Bertz CT molecular complexity index is 5170. The minimum absolute atomic E-state index is 0.459. The fourth-order valence-electron chi connectivity index (χ4n) is 13.2. The Morgan fingerprint density at radius 2 is 0.516 bits per heavy atom. The fourth-order valence-corrected chi connectivity index (χ4v) is 13.2.